The summed E-state index contributed by atoms with van der Waals surface area (Å²) in [5.74, 6) is 1.01. The van der Waals surface area contributed by atoms with Crippen molar-refractivity contribution in [3.05, 3.63) is 120 Å². The molecule has 252 valence electrons. The largest absolute Gasteiger partial charge is 0.497 e. The Kier molecular flexibility index (Phi) is 11.7. The van der Waals surface area contributed by atoms with Crippen LogP contribution in [-0.4, -0.2) is 57.1 Å². The number of benzene rings is 4. The molecule has 1 aliphatic rings. The van der Waals surface area contributed by atoms with Crippen LogP contribution in [0.1, 0.15) is 43.2 Å². The molecule has 1 aliphatic carbocycles. The second-order valence-electron chi connectivity index (χ2n) is 12.1. The smallest absolute Gasteiger partial charge is 0.244 e. The van der Waals surface area contributed by atoms with Crippen molar-refractivity contribution in [1.29, 1.82) is 0 Å². The first-order chi connectivity index (χ1) is 23.2. The summed E-state index contributed by atoms with van der Waals surface area (Å²) in [7, 11) is -2.34. The van der Waals surface area contributed by atoms with E-state index < -0.39 is 28.5 Å². The number of amides is 2. The molecule has 0 aromatic heterocycles. The zero-order valence-corrected chi connectivity index (χ0v) is 28.3. The zero-order chi connectivity index (χ0) is 33.9. The molecule has 48 heavy (non-hydrogen) atoms. The zero-order valence-electron chi connectivity index (χ0n) is 27.5. The molecule has 10 heteroatoms. The molecule has 1 fully saturated rings. The van der Waals surface area contributed by atoms with E-state index in [1.165, 1.54) is 4.90 Å². The van der Waals surface area contributed by atoms with Crippen molar-refractivity contribution in [1.82, 2.24) is 10.2 Å². The van der Waals surface area contributed by atoms with Gasteiger partial charge in [0.2, 0.25) is 21.8 Å². The van der Waals surface area contributed by atoms with Gasteiger partial charge in [-0.3, -0.25) is 13.9 Å². The Balaban J connectivity index is 1.47. The quantitative estimate of drug-likeness (QED) is 0.168. The van der Waals surface area contributed by atoms with Gasteiger partial charge in [0, 0.05) is 19.0 Å². The van der Waals surface area contributed by atoms with Crippen molar-refractivity contribution < 1.29 is 27.5 Å². The summed E-state index contributed by atoms with van der Waals surface area (Å²) in [4.78, 5) is 30.1. The summed E-state index contributed by atoms with van der Waals surface area (Å²) >= 11 is 0. The third kappa shape index (κ3) is 9.60. The van der Waals surface area contributed by atoms with Crippen LogP contribution in [0.15, 0.2) is 109 Å². The number of hydrogen-bond acceptors (Lipinski definition) is 6. The summed E-state index contributed by atoms with van der Waals surface area (Å²) in [6, 6.07) is 31.8. The number of nitrogens with one attached hydrogen (secondary N) is 1. The number of anilines is 1. The molecule has 0 saturated heterocycles. The number of carbonyl (C=O) groups is 2. The molecule has 4 aromatic carbocycles. The van der Waals surface area contributed by atoms with Crippen molar-refractivity contribution in [3.63, 3.8) is 0 Å². The molecule has 1 N–H and O–H groups in total. The number of hydrogen-bond donors (Lipinski definition) is 1. The highest BCUT2D eigenvalue weighted by atomic mass is 32.2. The summed E-state index contributed by atoms with van der Waals surface area (Å²) in [5.41, 5.74) is 1.94. The molecule has 5 rings (SSSR count). The molecule has 0 bridgehead atoms. The Labute approximate surface area is 283 Å². The molecule has 2 amide bonds. The topological polar surface area (TPSA) is 105 Å². The SMILES string of the molecule is COc1cccc(CN(C(=O)CN(c2ccc(Oc3ccccc3)cc2)S(C)(=O)=O)[C@@H](Cc2ccccc2)C(=O)NC2CCCCC2)c1. The second-order valence-corrected chi connectivity index (χ2v) is 14.0. The van der Waals surface area contributed by atoms with Crippen LogP contribution in [0.25, 0.3) is 0 Å². The Morgan fingerprint density at radius 1 is 0.792 bits per heavy atom. The Morgan fingerprint density at radius 2 is 1.40 bits per heavy atom. The highest BCUT2D eigenvalue weighted by Gasteiger charge is 2.34. The van der Waals surface area contributed by atoms with E-state index in [4.69, 9.17) is 9.47 Å². The van der Waals surface area contributed by atoms with Gasteiger partial charge in [0.05, 0.1) is 19.1 Å². The Bertz CT molecular complexity index is 1740. The van der Waals surface area contributed by atoms with E-state index in [2.05, 4.69) is 5.32 Å². The van der Waals surface area contributed by atoms with E-state index in [1.54, 1.807) is 31.4 Å². The maximum Gasteiger partial charge on any atom is 0.244 e. The van der Waals surface area contributed by atoms with Crippen molar-refractivity contribution in [2.24, 2.45) is 0 Å². The van der Waals surface area contributed by atoms with Gasteiger partial charge in [0.15, 0.2) is 0 Å². The van der Waals surface area contributed by atoms with E-state index in [9.17, 15) is 18.0 Å². The van der Waals surface area contributed by atoms with Gasteiger partial charge in [-0.1, -0.05) is 79.9 Å². The lowest BCUT2D eigenvalue weighted by atomic mass is 9.94. The number of para-hydroxylation sites is 1. The van der Waals surface area contributed by atoms with Crippen molar-refractivity contribution >= 4 is 27.5 Å². The van der Waals surface area contributed by atoms with Crippen LogP contribution in [0, 0.1) is 0 Å². The highest BCUT2D eigenvalue weighted by molar-refractivity contribution is 7.92. The maximum absolute atomic E-state index is 14.5. The monoisotopic (exact) mass is 669 g/mol. The first kappa shape index (κ1) is 34.5. The molecule has 0 radical (unpaired) electrons. The summed E-state index contributed by atoms with van der Waals surface area (Å²) < 4.78 is 38.8. The fourth-order valence-corrected chi connectivity index (χ4v) is 6.83. The van der Waals surface area contributed by atoms with E-state index in [0.717, 1.165) is 53.8 Å². The summed E-state index contributed by atoms with van der Waals surface area (Å²) in [6.45, 7) is -0.420. The second kappa shape index (κ2) is 16.3. The van der Waals surface area contributed by atoms with Gasteiger partial charge >= 0.3 is 0 Å². The Hall–Kier alpha value is -4.83. The van der Waals surface area contributed by atoms with Gasteiger partial charge in [-0.25, -0.2) is 8.42 Å². The van der Waals surface area contributed by atoms with Crippen LogP contribution in [0.3, 0.4) is 0 Å². The molecule has 4 aromatic rings. The average molecular weight is 670 g/mol. The minimum Gasteiger partial charge on any atom is -0.497 e. The lowest BCUT2D eigenvalue weighted by Gasteiger charge is -2.35. The number of ether oxygens (including phenoxy) is 2. The normalized spacial score (nSPS) is 14.0. The van der Waals surface area contributed by atoms with Crippen molar-refractivity contribution in [2.45, 2.75) is 57.2 Å². The number of methoxy groups -OCH3 is 1. The van der Waals surface area contributed by atoms with Crippen LogP contribution in [0.4, 0.5) is 5.69 Å². The van der Waals surface area contributed by atoms with Crippen molar-refractivity contribution in [2.75, 3.05) is 24.2 Å². The van der Waals surface area contributed by atoms with Gasteiger partial charge in [-0.15, -0.1) is 0 Å². The van der Waals surface area contributed by atoms with Crippen LogP contribution in [0.5, 0.6) is 17.2 Å². The van der Waals surface area contributed by atoms with Crippen LogP contribution < -0.4 is 19.1 Å². The maximum atomic E-state index is 14.5. The molecule has 0 heterocycles. The van der Waals surface area contributed by atoms with Crippen molar-refractivity contribution in [3.8, 4) is 17.2 Å². The molecule has 0 unspecified atom stereocenters. The van der Waals surface area contributed by atoms with E-state index in [-0.39, 0.29) is 24.9 Å². The molecule has 9 nitrogen and oxygen atoms in total. The van der Waals surface area contributed by atoms with Gasteiger partial charge in [-0.05, 0) is 72.5 Å². The number of carbonyl (C=O) groups excluding carboxylic acids is 2. The fourth-order valence-electron chi connectivity index (χ4n) is 5.98. The Morgan fingerprint density at radius 3 is 2.04 bits per heavy atom. The first-order valence-corrected chi connectivity index (χ1v) is 18.1. The van der Waals surface area contributed by atoms with E-state index in [1.807, 2.05) is 84.9 Å². The highest BCUT2D eigenvalue weighted by Crippen LogP contribution is 2.27. The predicted octanol–water partition coefficient (Wildman–Crippen LogP) is 6.34. The third-order valence-corrected chi connectivity index (χ3v) is 9.63. The number of nitrogens with zero attached hydrogens (tertiary/aromatic N) is 2. The lowest BCUT2D eigenvalue weighted by molar-refractivity contribution is -0.140. The fraction of sp³-hybridized carbons (Fsp3) is 0.316. The summed E-state index contributed by atoms with van der Waals surface area (Å²) in [6.07, 6.45) is 6.33. The number of sulfonamides is 1. The molecule has 1 atom stereocenters. The summed E-state index contributed by atoms with van der Waals surface area (Å²) in [5, 5.41) is 3.22. The molecule has 0 aliphatic heterocycles. The minimum absolute atomic E-state index is 0.0300. The average Bonchev–Trinajstić information content (AvgIpc) is 3.10. The van der Waals surface area contributed by atoms with E-state index in [0.29, 0.717) is 22.9 Å². The minimum atomic E-state index is -3.90. The lowest BCUT2D eigenvalue weighted by Crippen LogP contribution is -2.55. The van der Waals surface area contributed by atoms with Gasteiger partial charge in [0.1, 0.15) is 29.8 Å². The standard InChI is InChI=1S/C38H43N3O6S/c1-46-35-20-12-15-30(25-35)27-40(36(26-29-13-6-3-7-14-29)38(43)39-31-16-8-4-9-17-31)37(42)28-41(48(2,44)45)32-21-23-34(24-22-32)47-33-18-10-5-11-19-33/h3,5-7,10-15,18-25,31,36H,4,8-9,16-17,26-28H2,1-2H3,(H,39,43)/t36-/m0/s1. The molecular weight excluding hydrogens is 627 g/mol. The van der Waals surface area contributed by atoms with Crippen LogP contribution in [0.2, 0.25) is 0 Å². The van der Waals surface area contributed by atoms with Gasteiger partial charge in [-0.2, -0.15) is 0 Å². The molecule has 1 saturated carbocycles. The van der Waals surface area contributed by atoms with Gasteiger partial charge < -0.3 is 19.7 Å². The molecular formula is C38H43N3O6S. The predicted molar refractivity (Wildman–Crippen MR) is 188 cm³/mol. The van der Waals surface area contributed by atoms with Gasteiger partial charge in [0.25, 0.3) is 0 Å². The third-order valence-electron chi connectivity index (χ3n) is 8.49. The number of rotatable bonds is 14. The van der Waals surface area contributed by atoms with Crippen LogP contribution in [-0.2, 0) is 32.6 Å². The van der Waals surface area contributed by atoms with Crippen LogP contribution >= 0.6 is 0 Å². The molecule has 0 spiro atoms. The first-order valence-electron chi connectivity index (χ1n) is 16.3. The van der Waals surface area contributed by atoms with E-state index >= 15 is 0 Å².